The molecule has 0 aromatic carbocycles. The lowest BCUT2D eigenvalue weighted by Crippen LogP contribution is -2.35. The molecule has 0 heterocycles. The van der Waals surface area contributed by atoms with E-state index in [4.69, 9.17) is 5.11 Å². The van der Waals surface area contributed by atoms with E-state index in [1.807, 2.05) is 0 Å². The molecule has 102 valence electrons. The number of hydrogen-bond donors (Lipinski definition) is 1. The Bertz CT molecular complexity index is 204. The van der Waals surface area contributed by atoms with Crippen LogP contribution in [-0.4, -0.2) is 35.6 Å². The van der Waals surface area contributed by atoms with Gasteiger partial charge >= 0.3 is 5.97 Å². The first-order valence-corrected chi connectivity index (χ1v) is 6.92. The van der Waals surface area contributed by atoms with Crippen LogP contribution in [-0.2, 0) is 4.79 Å². The van der Waals surface area contributed by atoms with Crippen molar-refractivity contribution in [2.24, 2.45) is 11.8 Å². The van der Waals surface area contributed by atoms with E-state index in [2.05, 4.69) is 25.7 Å². The Labute approximate surface area is 106 Å². The predicted octanol–water partition coefficient (Wildman–Crippen LogP) is 3.25. The highest BCUT2D eigenvalue weighted by atomic mass is 16.4. The number of rotatable bonds is 10. The zero-order valence-corrected chi connectivity index (χ0v) is 11.9. The quantitative estimate of drug-likeness (QED) is 0.599. The molecule has 3 heteroatoms. The highest BCUT2D eigenvalue weighted by molar-refractivity contribution is 5.69. The Morgan fingerprint density at radius 3 is 2.24 bits per heavy atom. The van der Waals surface area contributed by atoms with E-state index in [9.17, 15) is 4.79 Å². The summed E-state index contributed by atoms with van der Waals surface area (Å²) in [5, 5.41) is 8.95. The van der Waals surface area contributed by atoms with E-state index in [-0.39, 0.29) is 5.92 Å². The van der Waals surface area contributed by atoms with Crippen LogP contribution < -0.4 is 0 Å². The molecule has 0 saturated carbocycles. The second-order valence-electron chi connectivity index (χ2n) is 5.45. The van der Waals surface area contributed by atoms with Gasteiger partial charge in [-0.15, -0.1) is 0 Å². The van der Waals surface area contributed by atoms with Crippen LogP contribution in [0.1, 0.15) is 53.4 Å². The number of carbonyl (C=O) groups is 1. The van der Waals surface area contributed by atoms with Gasteiger partial charge in [0.05, 0.1) is 5.92 Å². The molecule has 0 radical (unpaired) electrons. The molecule has 0 rings (SSSR count). The number of carboxylic acid groups (broad SMARTS) is 1. The number of unbranched alkanes of at least 4 members (excludes halogenated alkanes) is 3. The molecule has 0 aromatic heterocycles. The Hall–Kier alpha value is -0.570. The minimum atomic E-state index is -0.688. The first-order valence-electron chi connectivity index (χ1n) is 6.92. The molecule has 1 atom stereocenters. The van der Waals surface area contributed by atoms with Crippen LogP contribution in [0.3, 0.4) is 0 Å². The fraction of sp³-hybridized carbons (Fsp3) is 0.929. The third-order valence-electron chi connectivity index (χ3n) is 2.90. The molecule has 0 bridgehead atoms. The van der Waals surface area contributed by atoms with E-state index in [0.717, 1.165) is 13.1 Å². The maximum absolute atomic E-state index is 10.9. The lowest BCUT2D eigenvalue weighted by atomic mass is 10.1. The van der Waals surface area contributed by atoms with Gasteiger partial charge in [-0.2, -0.15) is 0 Å². The van der Waals surface area contributed by atoms with E-state index in [1.54, 1.807) is 6.92 Å². The molecule has 1 unspecified atom stereocenters. The Balaban J connectivity index is 4.00. The van der Waals surface area contributed by atoms with Crippen LogP contribution in [0, 0.1) is 11.8 Å². The van der Waals surface area contributed by atoms with Gasteiger partial charge in [-0.1, -0.05) is 47.0 Å². The number of nitrogens with zero attached hydrogens (tertiary/aromatic N) is 1. The normalized spacial score (nSPS) is 13.3. The fourth-order valence-corrected chi connectivity index (χ4v) is 2.00. The second kappa shape index (κ2) is 9.46. The van der Waals surface area contributed by atoms with Crippen molar-refractivity contribution in [1.82, 2.24) is 4.90 Å². The van der Waals surface area contributed by atoms with Gasteiger partial charge in [-0.3, -0.25) is 4.79 Å². The average molecular weight is 243 g/mol. The summed E-state index contributed by atoms with van der Waals surface area (Å²) in [7, 11) is 0. The zero-order chi connectivity index (χ0) is 13.3. The van der Waals surface area contributed by atoms with E-state index in [1.165, 1.54) is 25.7 Å². The highest BCUT2D eigenvalue weighted by Crippen LogP contribution is 2.08. The molecule has 0 aromatic rings. The maximum atomic E-state index is 10.9. The minimum absolute atomic E-state index is 0.264. The Morgan fingerprint density at radius 2 is 1.76 bits per heavy atom. The molecular weight excluding hydrogens is 214 g/mol. The van der Waals surface area contributed by atoms with E-state index < -0.39 is 5.97 Å². The molecule has 1 N–H and O–H groups in total. The number of aliphatic carboxylic acids is 1. The number of hydrogen-bond acceptors (Lipinski definition) is 2. The van der Waals surface area contributed by atoms with Gasteiger partial charge in [0, 0.05) is 13.1 Å². The monoisotopic (exact) mass is 243 g/mol. The summed E-state index contributed by atoms with van der Waals surface area (Å²) in [6.45, 7) is 11.1. The van der Waals surface area contributed by atoms with E-state index >= 15 is 0 Å². The molecule has 0 aliphatic carbocycles. The first kappa shape index (κ1) is 16.4. The van der Waals surface area contributed by atoms with Gasteiger partial charge in [-0.25, -0.2) is 0 Å². The summed E-state index contributed by atoms with van der Waals surface area (Å²) < 4.78 is 0. The Morgan fingerprint density at radius 1 is 1.12 bits per heavy atom. The number of carboxylic acids is 1. The van der Waals surface area contributed by atoms with Crippen molar-refractivity contribution in [3.8, 4) is 0 Å². The standard InChI is InChI=1S/C14H29NO2/c1-5-6-7-8-9-15(10-12(2)3)11-13(4)14(16)17/h12-13H,5-11H2,1-4H3,(H,16,17). The fourth-order valence-electron chi connectivity index (χ4n) is 2.00. The topological polar surface area (TPSA) is 40.5 Å². The summed E-state index contributed by atoms with van der Waals surface area (Å²) in [5.74, 6) is -0.352. The first-order chi connectivity index (χ1) is 7.97. The molecule has 0 spiro atoms. The van der Waals surface area contributed by atoms with Gasteiger partial charge in [0.25, 0.3) is 0 Å². The Kier molecular flexibility index (Phi) is 9.14. The second-order valence-corrected chi connectivity index (χ2v) is 5.45. The van der Waals surface area contributed by atoms with E-state index in [0.29, 0.717) is 12.5 Å². The van der Waals surface area contributed by atoms with Crippen LogP contribution in [0.25, 0.3) is 0 Å². The van der Waals surface area contributed by atoms with Gasteiger partial charge in [0.2, 0.25) is 0 Å². The van der Waals surface area contributed by atoms with Crippen molar-refractivity contribution in [2.75, 3.05) is 19.6 Å². The van der Waals surface area contributed by atoms with Crippen molar-refractivity contribution in [3.63, 3.8) is 0 Å². The minimum Gasteiger partial charge on any atom is -0.481 e. The largest absolute Gasteiger partial charge is 0.481 e. The van der Waals surface area contributed by atoms with Gasteiger partial charge in [0.15, 0.2) is 0 Å². The lowest BCUT2D eigenvalue weighted by molar-refractivity contribution is -0.141. The van der Waals surface area contributed by atoms with Gasteiger partial charge in [-0.05, 0) is 18.9 Å². The summed E-state index contributed by atoms with van der Waals surface area (Å²) in [6.07, 6.45) is 4.97. The van der Waals surface area contributed by atoms with Crippen LogP contribution in [0.2, 0.25) is 0 Å². The van der Waals surface area contributed by atoms with Crippen molar-refractivity contribution >= 4 is 5.97 Å². The molecule has 0 fully saturated rings. The van der Waals surface area contributed by atoms with Gasteiger partial charge in [0.1, 0.15) is 0 Å². The third-order valence-corrected chi connectivity index (χ3v) is 2.90. The zero-order valence-electron chi connectivity index (χ0n) is 11.9. The molecule has 0 aliphatic heterocycles. The summed E-state index contributed by atoms with van der Waals surface area (Å²) >= 11 is 0. The third kappa shape index (κ3) is 9.16. The van der Waals surface area contributed by atoms with Crippen LogP contribution in [0.4, 0.5) is 0 Å². The van der Waals surface area contributed by atoms with Crippen molar-refractivity contribution < 1.29 is 9.90 Å². The maximum Gasteiger partial charge on any atom is 0.307 e. The molecular formula is C14H29NO2. The SMILES string of the molecule is CCCCCCN(CC(C)C)CC(C)C(=O)O. The average Bonchev–Trinajstić information content (AvgIpc) is 2.23. The smallest absolute Gasteiger partial charge is 0.307 e. The summed E-state index contributed by atoms with van der Waals surface area (Å²) in [6, 6.07) is 0. The highest BCUT2D eigenvalue weighted by Gasteiger charge is 2.16. The van der Waals surface area contributed by atoms with Crippen LogP contribution >= 0.6 is 0 Å². The molecule has 3 nitrogen and oxygen atoms in total. The lowest BCUT2D eigenvalue weighted by Gasteiger charge is -2.25. The summed E-state index contributed by atoms with van der Waals surface area (Å²) in [4.78, 5) is 13.2. The predicted molar refractivity (Wildman–Crippen MR) is 72.2 cm³/mol. The van der Waals surface area contributed by atoms with Gasteiger partial charge < -0.3 is 10.0 Å². The molecule has 17 heavy (non-hydrogen) atoms. The molecule has 0 saturated heterocycles. The van der Waals surface area contributed by atoms with Crippen molar-refractivity contribution in [2.45, 2.75) is 53.4 Å². The van der Waals surface area contributed by atoms with Crippen LogP contribution in [0.15, 0.2) is 0 Å². The molecule has 0 amide bonds. The summed E-state index contributed by atoms with van der Waals surface area (Å²) in [5.41, 5.74) is 0. The van der Waals surface area contributed by atoms with Crippen LogP contribution in [0.5, 0.6) is 0 Å². The molecule has 0 aliphatic rings. The van der Waals surface area contributed by atoms with Crippen molar-refractivity contribution in [1.29, 1.82) is 0 Å². The van der Waals surface area contributed by atoms with Crippen molar-refractivity contribution in [3.05, 3.63) is 0 Å².